The van der Waals surface area contributed by atoms with Gasteiger partial charge in [0.05, 0.1) is 41.2 Å². The smallest absolute Gasteiger partial charge is 0.378 e. The quantitative estimate of drug-likeness (QED) is 0.236. The minimum absolute atomic E-state index is 0.0117. The second-order valence-electron chi connectivity index (χ2n) is 15.7. The van der Waals surface area contributed by atoms with Crippen molar-refractivity contribution in [2.24, 2.45) is 0 Å². The van der Waals surface area contributed by atoms with Crippen LogP contribution < -0.4 is 20.4 Å². The molecule has 4 heterocycles. The van der Waals surface area contributed by atoms with Gasteiger partial charge >= 0.3 is 12.2 Å². The highest BCUT2D eigenvalue weighted by Gasteiger charge is 2.52. The van der Waals surface area contributed by atoms with E-state index in [1.54, 1.807) is 32.0 Å². The summed E-state index contributed by atoms with van der Waals surface area (Å²) in [6.45, 7) is 11.1. The fourth-order valence-corrected chi connectivity index (χ4v) is 9.00. The number of carbonyl (C=O) groups excluding carboxylic acids is 4. The largest absolute Gasteiger partial charge is 0.417 e. The summed E-state index contributed by atoms with van der Waals surface area (Å²) in [6, 6.07) is 7.72. The summed E-state index contributed by atoms with van der Waals surface area (Å²) in [5, 5.41) is 14.5. The van der Waals surface area contributed by atoms with E-state index in [2.05, 4.69) is 39.3 Å². The minimum atomic E-state index is -4.76. The van der Waals surface area contributed by atoms with Crippen molar-refractivity contribution >= 4 is 58.3 Å². The van der Waals surface area contributed by atoms with Gasteiger partial charge in [-0.2, -0.15) is 18.4 Å². The van der Waals surface area contributed by atoms with Crippen LogP contribution in [0, 0.1) is 11.3 Å². The molecule has 0 bridgehead atoms. The number of benzene rings is 1. The van der Waals surface area contributed by atoms with Crippen LogP contribution >= 0.6 is 12.2 Å². The van der Waals surface area contributed by atoms with E-state index in [4.69, 9.17) is 17.0 Å². The van der Waals surface area contributed by atoms with Crippen LogP contribution in [0.25, 0.3) is 0 Å². The minimum Gasteiger partial charge on any atom is -0.378 e. The predicted octanol–water partition coefficient (Wildman–Crippen LogP) is 4.88. The molecule has 2 N–H and O–H groups in total. The number of nitrogens with zero attached hydrogens (tertiary/aromatic N) is 7. The highest BCUT2D eigenvalue weighted by Crippen LogP contribution is 2.40. The summed E-state index contributed by atoms with van der Waals surface area (Å²) in [7, 11) is 0. The SMILES string of the molecule is C[C@@H]1CN(CCCOC2CCC(N3C(=S)N(c4ccc(C#N)c(C(F)(F)F)c4)C(=O)C3(C)C)CC2)C[C@H](C)N1CC(=O)Nc1cc(N2CCC(=O)NC2=O)ccn1. The van der Waals surface area contributed by atoms with Crippen LogP contribution in [0.2, 0.25) is 0 Å². The summed E-state index contributed by atoms with van der Waals surface area (Å²) in [4.78, 5) is 63.7. The van der Waals surface area contributed by atoms with Crippen molar-refractivity contribution in [1.82, 2.24) is 25.0 Å². The van der Waals surface area contributed by atoms with Crippen molar-refractivity contribution in [3.63, 3.8) is 0 Å². The molecule has 1 aromatic heterocycles. The van der Waals surface area contributed by atoms with Crippen molar-refractivity contribution < 1.29 is 37.1 Å². The molecule has 14 nitrogen and oxygen atoms in total. The molecule has 0 unspecified atom stereocenters. The number of urea groups is 1. The Morgan fingerprint density at radius 1 is 1.07 bits per heavy atom. The highest BCUT2D eigenvalue weighted by molar-refractivity contribution is 7.80. The average molecular weight is 812 g/mol. The number of hydrogen-bond acceptors (Lipinski definition) is 10. The molecule has 1 saturated carbocycles. The maximum Gasteiger partial charge on any atom is 0.417 e. The van der Waals surface area contributed by atoms with Crippen LogP contribution in [0.1, 0.15) is 77.3 Å². The number of carbonyl (C=O) groups is 4. The number of hydrogen-bond donors (Lipinski definition) is 2. The molecule has 1 aromatic carbocycles. The van der Waals surface area contributed by atoms with Crippen molar-refractivity contribution in [2.75, 3.05) is 54.4 Å². The first-order valence-corrected chi connectivity index (χ1v) is 19.6. The van der Waals surface area contributed by atoms with Crippen LogP contribution in [0.4, 0.5) is 35.2 Å². The zero-order chi connectivity index (χ0) is 41.2. The molecular formula is C39H48F3N9O5S. The summed E-state index contributed by atoms with van der Waals surface area (Å²) < 4.78 is 47.4. The van der Waals surface area contributed by atoms with Gasteiger partial charge in [-0.05, 0) is 96.3 Å². The number of nitrogens with one attached hydrogen (secondary N) is 2. The summed E-state index contributed by atoms with van der Waals surface area (Å²) >= 11 is 5.73. The fourth-order valence-electron chi connectivity index (χ4n) is 8.44. The number of rotatable bonds is 11. The summed E-state index contributed by atoms with van der Waals surface area (Å²) in [6.07, 6.45) is 0.755. The monoisotopic (exact) mass is 811 g/mol. The molecule has 2 atom stereocenters. The Morgan fingerprint density at radius 3 is 2.42 bits per heavy atom. The Kier molecular flexibility index (Phi) is 12.5. The molecule has 18 heteroatoms. The number of aromatic nitrogens is 1. The van der Waals surface area contributed by atoms with Crippen molar-refractivity contribution in [2.45, 2.75) is 102 Å². The number of piperazine rings is 1. The third kappa shape index (κ3) is 9.22. The molecule has 1 aliphatic carbocycles. The predicted molar refractivity (Wildman–Crippen MR) is 209 cm³/mol. The third-order valence-corrected chi connectivity index (χ3v) is 11.7. The zero-order valence-electron chi connectivity index (χ0n) is 32.5. The Balaban J connectivity index is 0.929. The van der Waals surface area contributed by atoms with Gasteiger partial charge < -0.3 is 19.9 Å². The Bertz CT molecular complexity index is 1920. The number of anilines is 3. The summed E-state index contributed by atoms with van der Waals surface area (Å²) in [5.41, 5.74) is -2.17. The molecule has 5 amide bonds. The molecule has 306 valence electrons. The number of ether oxygens (including phenoxy) is 1. The molecule has 4 aliphatic rings. The third-order valence-electron chi connectivity index (χ3n) is 11.3. The first-order chi connectivity index (χ1) is 27.0. The number of nitriles is 1. The van der Waals surface area contributed by atoms with Gasteiger partial charge in [0.15, 0.2) is 5.11 Å². The Labute approximate surface area is 335 Å². The van der Waals surface area contributed by atoms with E-state index in [-0.39, 0.29) is 66.4 Å². The normalized spacial score (nSPS) is 24.8. The van der Waals surface area contributed by atoms with Crippen LogP contribution in [0.15, 0.2) is 36.5 Å². The van der Waals surface area contributed by atoms with Crippen molar-refractivity contribution in [3.05, 3.63) is 47.7 Å². The van der Waals surface area contributed by atoms with Gasteiger partial charge in [-0.25, -0.2) is 9.78 Å². The standard InChI is InChI=1S/C39H48F3N9O5S/c1-24-21-47(22-25(2)49(24)23-34(53)45-32-19-28(12-14-44-32)48-16-13-33(52)46-36(48)55)15-5-17-56-30-10-8-27(9-11-30)51-37(57)50(35(54)38(51,3)4)29-7-6-26(20-43)31(18-29)39(40,41)42/h6-7,12,14,18-19,24-25,27,30H,5,8-11,13,15-17,21-23H2,1-4H3,(H,44,45,53)(H,46,52,55)/t24-,25+,27?,30?. The van der Waals surface area contributed by atoms with E-state index in [1.807, 2.05) is 4.90 Å². The number of thiocarbonyl (C=S) groups is 1. The molecule has 3 aliphatic heterocycles. The van der Waals surface area contributed by atoms with E-state index < -0.39 is 34.8 Å². The van der Waals surface area contributed by atoms with Crippen LogP contribution in [-0.2, 0) is 25.3 Å². The van der Waals surface area contributed by atoms with E-state index in [1.165, 1.54) is 17.2 Å². The molecular weight excluding hydrogens is 764 g/mol. The first kappa shape index (κ1) is 41.9. The number of alkyl halides is 3. The highest BCUT2D eigenvalue weighted by atomic mass is 32.1. The molecule has 3 saturated heterocycles. The van der Waals surface area contributed by atoms with Crippen LogP contribution in [-0.4, -0.2) is 118 Å². The molecule has 0 radical (unpaired) electrons. The van der Waals surface area contributed by atoms with Gasteiger partial charge in [0.1, 0.15) is 11.4 Å². The van der Waals surface area contributed by atoms with Gasteiger partial charge in [-0.3, -0.25) is 34.4 Å². The lowest BCUT2D eigenvalue weighted by Gasteiger charge is -2.44. The van der Waals surface area contributed by atoms with E-state index in [9.17, 15) is 37.6 Å². The van der Waals surface area contributed by atoms with Gasteiger partial charge in [0, 0.05) is 69.6 Å². The summed E-state index contributed by atoms with van der Waals surface area (Å²) in [5.74, 6) is -0.623. The number of imide groups is 1. The lowest BCUT2D eigenvalue weighted by molar-refractivity contribution is -0.137. The first-order valence-electron chi connectivity index (χ1n) is 19.2. The molecule has 6 rings (SSSR count). The maximum absolute atomic E-state index is 13.7. The van der Waals surface area contributed by atoms with Gasteiger partial charge in [-0.15, -0.1) is 0 Å². The lowest BCUT2D eigenvalue weighted by atomic mass is 9.89. The Morgan fingerprint density at radius 2 is 1.77 bits per heavy atom. The van der Waals surface area contributed by atoms with Gasteiger partial charge in [-0.1, -0.05) is 0 Å². The number of pyridine rings is 1. The van der Waals surface area contributed by atoms with Crippen LogP contribution in [0.5, 0.6) is 0 Å². The van der Waals surface area contributed by atoms with Gasteiger partial charge in [0.2, 0.25) is 11.8 Å². The van der Waals surface area contributed by atoms with E-state index in [0.29, 0.717) is 31.0 Å². The topological polar surface area (TPSA) is 154 Å². The van der Waals surface area contributed by atoms with Crippen LogP contribution in [0.3, 0.4) is 0 Å². The average Bonchev–Trinajstić information content (AvgIpc) is 3.33. The van der Waals surface area contributed by atoms with Crippen molar-refractivity contribution in [3.8, 4) is 6.07 Å². The Hall–Kier alpha value is -4.70. The van der Waals surface area contributed by atoms with E-state index in [0.717, 1.165) is 55.9 Å². The van der Waals surface area contributed by atoms with Crippen molar-refractivity contribution in [1.29, 1.82) is 5.26 Å². The number of halogens is 3. The zero-order valence-corrected chi connectivity index (χ0v) is 33.3. The number of amides is 5. The van der Waals surface area contributed by atoms with E-state index >= 15 is 0 Å². The molecule has 4 fully saturated rings. The molecule has 57 heavy (non-hydrogen) atoms. The maximum atomic E-state index is 13.7. The molecule has 0 spiro atoms. The van der Waals surface area contributed by atoms with Gasteiger partial charge in [0.25, 0.3) is 5.91 Å². The molecule has 2 aromatic rings. The second-order valence-corrected chi connectivity index (χ2v) is 16.0. The lowest BCUT2D eigenvalue weighted by Crippen LogP contribution is -2.58. The second kappa shape index (κ2) is 17.0. The fraction of sp³-hybridized carbons (Fsp3) is 0.564.